The highest BCUT2D eigenvalue weighted by molar-refractivity contribution is 6.30. The summed E-state index contributed by atoms with van der Waals surface area (Å²) in [6, 6.07) is 8.94. The molecule has 1 saturated heterocycles. The molecule has 1 aromatic carbocycles. The molecule has 2 amide bonds. The number of hydrogen-bond donors (Lipinski definition) is 3. The molecule has 0 atom stereocenters. The zero-order chi connectivity index (χ0) is 22.4. The second-order valence-corrected chi connectivity index (χ2v) is 8.50. The third-order valence-electron chi connectivity index (χ3n) is 5.59. The molecule has 3 rings (SSSR count). The van der Waals surface area contributed by atoms with Gasteiger partial charge in [-0.1, -0.05) is 17.7 Å². The first-order valence-corrected chi connectivity index (χ1v) is 11.0. The van der Waals surface area contributed by atoms with Crippen LogP contribution in [-0.4, -0.2) is 52.5 Å². The molecule has 166 valence electrons. The Morgan fingerprint density at radius 3 is 2.55 bits per heavy atom. The number of halogens is 1. The zero-order valence-corrected chi connectivity index (χ0v) is 18.7. The van der Waals surface area contributed by atoms with Gasteiger partial charge in [0.2, 0.25) is 5.91 Å². The number of aromatic nitrogens is 1. The van der Waals surface area contributed by atoms with Gasteiger partial charge >= 0.3 is 0 Å². The standard InChI is InChI=1S/C23H29ClN4O3/c1-15(2)28-10-7-17(8-11-28)22(30)26-20-5-3-16(9-12-29)13-19(20)23(31)27-21-6-4-18(24)14-25-21/h3-6,13-15,17,29H,7-12H2,1-2H3,(H,26,30)(H,25,27,31). The minimum absolute atomic E-state index is 0.0278. The fraction of sp³-hybridized carbons (Fsp3) is 0.435. The van der Waals surface area contributed by atoms with E-state index in [1.165, 1.54) is 6.20 Å². The number of rotatable bonds is 7. The average molecular weight is 445 g/mol. The van der Waals surface area contributed by atoms with E-state index in [0.717, 1.165) is 31.5 Å². The average Bonchev–Trinajstić information content (AvgIpc) is 2.76. The quantitative estimate of drug-likeness (QED) is 0.606. The van der Waals surface area contributed by atoms with Crippen molar-refractivity contribution in [2.24, 2.45) is 5.92 Å². The predicted octanol–water partition coefficient (Wildman–Crippen LogP) is 3.58. The molecule has 0 aliphatic carbocycles. The Hall–Kier alpha value is -2.48. The number of aliphatic hydroxyl groups excluding tert-OH is 1. The molecule has 0 unspecified atom stereocenters. The van der Waals surface area contributed by atoms with Crippen molar-refractivity contribution < 1.29 is 14.7 Å². The number of benzene rings is 1. The summed E-state index contributed by atoms with van der Waals surface area (Å²) in [5, 5.41) is 15.4. The van der Waals surface area contributed by atoms with Crippen LogP contribution < -0.4 is 10.6 Å². The van der Waals surface area contributed by atoms with Crippen LogP contribution in [0.25, 0.3) is 0 Å². The third kappa shape index (κ3) is 6.26. The fourth-order valence-corrected chi connectivity index (χ4v) is 3.83. The summed E-state index contributed by atoms with van der Waals surface area (Å²) < 4.78 is 0. The van der Waals surface area contributed by atoms with Gasteiger partial charge < -0.3 is 20.6 Å². The van der Waals surface area contributed by atoms with E-state index in [2.05, 4.69) is 34.4 Å². The number of piperidine rings is 1. The number of anilines is 2. The number of hydrogen-bond acceptors (Lipinski definition) is 5. The molecule has 2 aromatic rings. The van der Waals surface area contributed by atoms with E-state index in [1.54, 1.807) is 24.3 Å². The van der Waals surface area contributed by atoms with E-state index in [1.807, 2.05) is 6.07 Å². The lowest BCUT2D eigenvalue weighted by atomic mass is 9.94. The molecule has 1 aliphatic heterocycles. The normalized spacial score (nSPS) is 15.1. The maximum atomic E-state index is 12.9. The largest absolute Gasteiger partial charge is 0.396 e. The van der Waals surface area contributed by atoms with E-state index in [-0.39, 0.29) is 24.3 Å². The molecule has 7 nitrogen and oxygen atoms in total. The van der Waals surface area contributed by atoms with Crippen LogP contribution in [0.15, 0.2) is 36.5 Å². The van der Waals surface area contributed by atoms with Crippen LogP contribution in [0.5, 0.6) is 0 Å². The Morgan fingerprint density at radius 2 is 1.94 bits per heavy atom. The Bertz CT molecular complexity index is 910. The van der Waals surface area contributed by atoms with Crippen molar-refractivity contribution >= 4 is 34.9 Å². The fourth-order valence-electron chi connectivity index (χ4n) is 3.72. The molecule has 0 radical (unpaired) electrons. The van der Waals surface area contributed by atoms with Gasteiger partial charge in [-0.05, 0) is 76.0 Å². The summed E-state index contributed by atoms with van der Waals surface area (Å²) in [5.74, 6) is -0.183. The van der Waals surface area contributed by atoms with E-state index >= 15 is 0 Å². The molecule has 0 bridgehead atoms. The first kappa shape index (κ1) is 23.2. The Balaban J connectivity index is 1.75. The molecular formula is C23H29ClN4O3. The summed E-state index contributed by atoms with van der Waals surface area (Å²) in [4.78, 5) is 32.3. The van der Waals surface area contributed by atoms with Gasteiger partial charge in [-0.25, -0.2) is 4.98 Å². The highest BCUT2D eigenvalue weighted by atomic mass is 35.5. The van der Waals surface area contributed by atoms with Crippen molar-refractivity contribution in [2.75, 3.05) is 30.3 Å². The first-order valence-electron chi connectivity index (χ1n) is 10.6. The monoisotopic (exact) mass is 444 g/mol. The van der Waals surface area contributed by atoms with Crippen molar-refractivity contribution in [3.63, 3.8) is 0 Å². The molecule has 2 heterocycles. The SMILES string of the molecule is CC(C)N1CCC(C(=O)Nc2ccc(CCO)cc2C(=O)Nc2ccc(Cl)cn2)CC1. The molecule has 0 spiro atoms. The lowest BCUT2D eigenvalue weighted by Crippen LogP contribution is -2.41. The summed E-state index contributed by atoms with van der Waals surface area (Å²) >= 11 is 5.85. The molecule has 31 heavy (non-hydrogen) atoms. The highest BCUT2D eigenvalue weighted by Crippen LogP contribution is 2.24. The minimum atomic E-state index is -0.389. The van der Waals surface area contributed by atoms with Gasteiger partial charge in [0, 0.05) is 24.8 Å². The predicted molar refractivity (Wildman–Crippen MR) is 122 cm³/mol. The van der Waals surface area contributed by atoms with Crippen LogP contribution >= 0.6 is 11.6 Å². The molecule has 1 fully saturated rings. The lowest BCUT2D eigenvalue weighted by molar-refractivity contribution is -0.121. The minimum Gasteiger partial charge on any atom is -0.396 e. The van der Waals surface area contributed by atoms with Gasteiger partial charge in [0.1, 0.15) is 5.82 Å². The van der Waals surface area contributed by atoms with Gasteiger partial charge in [-0.2, -0.15) is 0 Å². The Morgan fingerprint density at radius 1 is 1.19 bits per heavy atom. The molecule has 1 aromatic heterocycles. The zero-order valence-electron chi connectivity index (χ0n) is 17.9. The van der Waals surface area contributed by atoms with Gasteiger partial charge in [-0.3, -0.25) is 9.59 Å². The summed E-state index contributed by atoms with van der Waals surface area (Å²) in [7, 11) is 0. The number of carbonyl (C=O) groups excluding carboxylic acids is 2. The molecular weight excluding hydrogens is 416 g/mol. The number of nitrogens with zero attached hydrogens (tertiary/aromatic N) is 2. The smallest absolute Gasteiger partial charge is 0.258 e. The van der Waals surface area contributed by atoms with E-state index < -0.39 is 0 Å². The van der Waals surface area contributed by atoms with E-state index in [9.17, 15) is 14.7 Å². The van der Waals surface area contributed by atoms with Crippen LogP contribution in [0.2, 0.25) is 5.02 Å². The molecule has 1 aliphatic rings. The van der Waals surface area contributed by atoms with E-state index in [4.69, 9.17) is 11.6 Å². The highest BCUT2D eigenvalue weighted by Gasteiger charge is 2.27. The van der Waals surface area contributed by atoms with Crippen molar-refractivity contribution in [3.8, 4) is 0 Å². The number of likely N-dealkylation sites (tertiary alicyclic amines) is 1. The molecule has 8 heteroatoms. The van der Waals surface area contributed by atoms with Gasteiger partial charge in [0.15, 0.2) is 0 Å². The van der Waals surface area contributed by atoms with Crippen LogP contribution in [0.4, 0.5) is 11.5 Å². The summed E-state index contributed by atoms with van der Waals surface area (Å²) in [6.07, 6.45) is 3.46. The number of aliphatic hydroxyl groups is 1. The Labute approximate surface area is 187 Å². The van der Waals surface area contributed by atoms with Crippen molar-refractivity contribution in [3.05, 3.63) is 52.7 Å². The molecule has 3 N–H and O–H groups in total. The Kier molecular flexibility index (Phi) is 8.01. The summed E-state index contributed by atoms with van der Waals surface area (Å²) in [6.45, 7) is 6.07. The van der Waals surface area contributed by atoms with Crippen LogP contribution in [0, 0.1) is 5.92 Å². The van der Waals surface area contributed by atoms with E-state index in [0.29, 0.717) is 34.6 Å². The number of nitrogens with one attached hydrogen (secondary N) is 2. The number of carbonyl (C=O) groups is 2. The van der Waals surface area contributed by atoms with Gasteiger partial charge in [0.25, 0.3) is 5.91 Å². The van der Waals surface area contributed by atoms with Crippen molar-refractivity contribution in [1.82, 2.24) is 9.88 Å². The third-order valence-corrected chi connectivity index (χ3v) is 5.81. The van der Waals surface area contributed by atoms with Gasteiger partial charge in [-0.15, -0.1) is 0 Å². The second kappa shape index (κ2) is 10.7. The second-order valence-electron chi connectivity index (χ2n) is 8.06. The van der Waals surface area contributed by atoms with Crippen molar-refractivity contribution in [2.45, 2.75) is 39.2 Å². The maximum absolute atomic E-state index is 12.9. The van der Waals surface area contributed by atoms with Crippen LogP contribution in [-0.2, 0) is 11.2 Å². The van der Waals surface area contributed by atoms with Crippen molar-refractivity contribution in [1.29, 1.82) is 0 Å². The number of pyridine rings is 1. The summed E-state index contributed by atoms with van der Waals surface area (Å²) in [5.41, 5.74) is 1.58. The lowest BCUT2D eigenvalue weighted by Gasteiger charge is -2.34. The van der Waals surface area contributed by atoms with Crippen LogP contribution in [0.1, 0.15) is 42.6 Å². The van der Waals surface area contributed by atoms with Crippen LogP contribution in [0.3, 0.4) is 0 Å². The van der Waals surface area contributed by atoms with Gasteiger partial charge in [0.05, 0.1) is 16.3 Å². The number of amides is 2. The molecule has 0 saturated carbocycles. The maximum Gasteiger partial charge on any atom is 0.258 e. The first-order chi connectivity index (χ1) is 14.9. The topological polar surface area (TPSA) is 94.6 Å².